The smallest absolute Gasteiger partial charge is 0.171 e. The molecule has 1 aromatic carbocycles. The van der Waals surface area contributed by atoms with Gasteiger partial charge < -0.3 is 15.4 Å². The number of methoxy groups -OCH3 is 1. The molecule has 0 amide bonds. The van der Waals surface area contributed by atoms with E-state index in [9.17, 15) is 0 Å². The van der Waals surface area contributed by atoms with Crippen molar-refractivity contribution in [1.82, 2.24) is 4.98 Å². The molecule has 4 nitrogen and oxygen atoms in total. The highest BCUT2D eigenvalue weighted by atomic mass is 16.5. The van der Waals surface area contributed by atoms with Crippen LogP contribution in [0.3, 0.4) is 0 Å². The molecule has 1 heterocycles. The summed E-state index contributed by atoms with van der Waals surface area (Å²) in [5.41, 5.74) is 7.93. The Labute approximate surface area is 120 Å². The molecule has 2 aromatic rings. The molecule has 0 spiro atoms. The van der Waals surface area contributed by atoms with Gasteiger partial charge in [-0.15, -0.1) is 0 Å². The van der Waals surface area contributed by atoms with Crippen molar-refractivity contribution in [2.45, 2.75) is 26.4 Å². The van der Waals surface area contributed by atoms with Crippen molar-refractivity contribution < 1.29 is 4.74 Å². The van der Waals surface area contributed by atoms with Gasteiger partial charge in [0, 0.05) is 24.5 Å². The van der Waals surface area contributed by atoms with E-state index in [1.807, 2.05) is 36.4 Å². The second-order valence-corrected chi connectivity index (χ2v) is 4.95. The first kappa shape index (κ1) is 14.2. The Hall–Kier alpha value is -2.23. The number of nitrogens with two attached hydrogens (primary N) is 1. The number of nitrogens with zero attached hydrogens (tertiary/aromatic N) is 2. The molecule has 0 radical (unpaired) electrons. The maximum atomic E-state index is 6.04. The summed E-state index contributed by atoms with van der Waals surface area (Å²) in [6.07, 6.45) is 1.78. The van der Waals surface area contributed by atoms with E-state index in [0.717, 1.165) is 22.8 Å². The third kappa shape index (κ3) is 3.02. The molecule has 0 aliphatic carbocycles. The average Bonchev–Trinajstić information content (AvgIpc) is 2.46. The summed E-state index contributed by atoms with van der Waals surface area (Å²) in [6, 6.07) is 12.0. The molecule has 20 heavy (non-hydrogen) atoms. The molecule has 0 aliphatic rings. The maximum Gasteiger partial charge on any atom is 0.171 e. The zero-order valence-corrected chi connectivity index (χ0v) is 12.2. The van der Waals surface area contributed by atoms with Crippen LogP contribution in [0, 0.1) is 0 Å². The first-order chi connectivity index (χ1) is 9.63. The van der Waals surface area contributed by atoms with Crippen LogP contribution < -0.4 is 15.4 Å². The Morgan fingerprint density at radius 2 is 1.95 bits per heavy atom. The van der Waals surface area contributed by atoms with Gasteiger partial charge in [-0.25, -0.2) is 4.98 Å². The minimum absolute atomic E-state index is 0.290. The van der Waals surface area contributed by atoms with Crippen molar-refractivity contribution in [2.24, 2.45) is 0 Å². The number of benzene rings is 1. The highest BCUT2D eigenvalue weighted by Crippen LogP contribution is 2.28. The van der Waals surface area contributed by atoms with Crippen LogP contribution in [0.2, 0.25) is 0 Å². The van der Waals surface area contributed by atoms with Gasteiger partial charge in [0.05, 0.1) is 7.11 Å². The van der Waals surface area contributed by atoms with Gasteiger partial charge in [0.15, 0.2) is 11.6 Å². The number of anilines is 2. The standard InChI is InChI=1S/C16H21N3O/c1-12(2)19(11-13-7-4-5-8-14(13)17)16-15(20-3)9-6-10-18-16/h4-10,12H,11,17H2,1-3H3. The summed E-state index contributed by atoms with van der Waals surface area (Å²) >= 11 is 0. The second-order valence-electron chi connectivity index (χ2n) is 4.95. The summed E-state index contributed by atoms with van der Waals surface area (Å²) in [5, 5.41) is 0. The van der Waals surface area contributed by atoms with Crippen LogP contribution in [0.25, 0.3) is 0 Å². The number of ether oxygens (including phenoxy) is 1. The largest absolute Gasteiger partial charge is 0.493 e. The lowest BCUT2D eigenvalue weighted by molar-refractivity contribution is 0.411. The Balaban J connectivity index is 2.35. The minimum atomic E-state index is 0.290. The summed E-state index contributed by atoms with van der Waals surface area (Å²) in [4.78, 5) is 6.64. The van der Waals surface area contributed by atoms with Gasteiger partial charge >= 0.3 is 0 Å². The van der Waals surface area contributed by atoms with E-state index >= 15 is 0 Å². The quantitative estimate of drug-likeness (QED) is 0.849. The third-order valence-corrected chi connectivity index (χ3v) is 3.26. The Morgan fingerprint density at radius 1 is 1.20 bits per heavy atom. The van der Waals surface area contributed by atoms with Gasteiger partial charge in [-0.2, -0.15) is 0 Å². The van der Waals surface area contributed by atoms with Crippen LogP contribution in [-0.2, 0) is 6.54 Å². The highest BCUT2D eigenvalue weighted by Gasteiger charge is 2.17. The molecule has 1 aromatic heterocycles. The highest BCUT2D eigenvalue weighted by molar-refractivity contribution is 5.55. The van der Waals surface area contributed by atoms with Gasteiger partial charge in [0.2, 0.25) is 0 Å². The van der Waals surface area contributed by atoms with Gasteiger partial charge in [-0.3, -0.25) is 0 Å². The van der Waals surface area contributed by atoms with E-state index in [0.29, 0.717) is 12.6 Å². The average molecular weight is 271 g/mol. The molecule has 0 unspecified atom stereocenters. The van der Waals surface area contributed by atoms with Crippen LogP contribution in [-0.4, -0.2) is 18.1 Å². The third-order valence-electron chi connectivity index (χ3n) is 3.26. The van der Waals surface area contributed by atoms with Crippen molar-refractivity contribution >= 4 is 11.5 Å². The van der Waals surface area contributed by atoms with Gasteiger partial charge in [0.1, 0.15) is 0 Å². The Bertz CT molecular complexity index is 569. The number of nitrogen functional groups attached to an aromatic ring is 1. The lowest BCUT2D eigenvalue weighted by Gasteiger charge is -2.29. The van der Waals surface area contributed by atoms with Crippen molar-refractivity contribution in [3.8, 4) is 5.75 Å². The van der Waals surface area contributed by atoms with E-state index in [1.54, 1.807) is 13.3 Å². The second kappa shape index (κ2) is 6.28. The maximum absolute atomic E-state index is 6.04. The number of aromatic nitrogens is 1. The molecule has 0 fully saturated rings. The first-order valence-electron chi connectivity index (χ1n) is 6.72. The number of para-hydroxylation sites is 1. The predicted octanol–water partition coefficient (Wildman–Crippen LogP) is 3.09. The molecular formula is C16H21N3O. The van der Waals surface area contributed by atoms with E-state index in [4.69, 9.17) is 10.5 Å². The van der Waals surface area contributed by atoms with Crippen molar-refractivity contribution in [3.05, 3.63) is 48.2 Å². The molecular weight excluding hydrogens is 250 g/mol. The van der Waals surface area contributed by atoms with Crippen LogP contribution in [0.1, 0.15) is 19.4 Å². The van der Waals surface area contributed by atoms with Gasteiger partial charge in [0.25, 0.3) is 0 Å². The number of pyridine rings is 1. The van der Waals surface area contributed by atoms with E-state index < -0.39 is 0 Å². The molecule has 0 aliphatic heterocycles. The van der Waals surface area contributed by atoms with Crippen LogP contribution in [0.15, 0.2) is 42.6 Å². The molecule has 2 rings (SSSR count). The Morgan fingerprint density at radius 3 is 2.60 bits per heavy atom. The summed E-state index contributed by atoms with van der Waals surface area (Å²) in [7, 11) is 1.66. The Kier molecular flexibility index (Phi) is 4.45. The first-order valence-corrected chi connectivity index (χ1v) is 6.72. The van der Waals surface area contributed by atoms with Crippen molar-refractivity contribution in [2.75, 3.05) is 17.7 Å². The summed E-state index contributed by atoms with van der Waals surface area (Å²) in [5.74, 6) is 1.61. The fraction of sp³-hybridized carbons (Fsp3) is 0.312. The molecule has 2 N–H and O–H groups in total. The molecule has 4 heteroatoms. The molecule has 0 saturated carbocycles. The SMILES string of the molecule is COc1cccnc1N(Cc1ccccc1N)C(C)C. The summed E-state index contributed by atoms with van der Waals surface area (Å²) < 4.78 is 5.41. The summed E-state index contributed by atoms with van der Waals surface area (Å²) in [6.45, 7) is 4.97. The monoisotopic (exact) mass is 271 g/mol. The minimum Gasteiger partial charge on any atom is -0.493 e. The van der Waals surface area contributed by atoms with E-state index in [1.165, 1.54) is 0 Å². The number of hydrogen-bond donors (Lipinski definition) is 1. The van der Waals surface area contributed by atoms with Crippen molar-refractivity contribution in [1.29, 1.82) is 0 Å². The fourth-order valence-electron chi connectivity index (χ4n) is 2.12. The van der Waals surface area contributed by atoms with Gasteiger partial charge in [-0.05, 0) is 37.6 Å². The fourth-order valence-corrected chi connectivity index (χ4v) is 2.12. The number of rotatable bonds is 5. The van der Waals surface area contributed by atoms with Crippen LogP contribution >= 0.6 is 0 Å². The normalized spacial score (nSPS) is 10.6. The lowest BCUT2D eigenvalue weighted by atomic mass is 10.1. The zero-order chi connectivity index (χ0) is 14.5. The molecule has 0 saturated heterocycles. The molecule has 0 atom stereocenters. The predicted molar refractivity (Wildman–Crippen MR) is 83.0 cm³/mol. The topological polar surface area (TPSA) is 51.4 Å². The van der Waals surface area contributed by atoms with Crippen LogP contribution in [0.5, 0.6) is 5.75 Å². The zero-order valence-electron chi connectivity index (χ0n) is 12.2. The molecule has 106 valence electrons. The van der Waals surface area contributed by atoms with Crippen LogP contribution in [0.4, 0.5) is 11.5 Å². The van der Waals surface area contributed by atoms with Crippen molar-refractivity contribution in [3.63, 3.8) is 0 Å². The molecule has 0 bridgehead atoms. The van der Waals surface area contributed by atoms with E-state index in [2.05, 4.69) is 23.7 Å². The lowest BCUT2D eigenvalue weighted by Crippen LogP contribution is -2.31. The van der Waals surface area contributed by atoms with E-state index in [-0.39, 0.29) is 0 Å². The number of hydrogen-bond acceptors (Lipinski definition) is 4. The van der Waals surface area contributed by atoms with Gasteiger partial charge in [-0.1, -0.05) is 18.2 Å².